The summed E-state index contributed by atoms with van der Waals surface area (Å²) in [6.45, 7) is 4.60. The number of hydrogen-bond donors (Lipinski definition) is 0. The second kappa shape index (κ2) is 15.0. The Labute approximate surface area is 401 Å². The van der Waals surface area contributed by atoms with Crippen LogP contribution in [0.5, 0.6) is 5.75 Å². The van der Waals surface area contributed by atoms with Crippen molar-refractivity contribution in [2.45, 2.75) is 10.8 Å². The van der Waals surface area contributed by atoms with E-state index in [-0.39, 0.29) is 0 Å². The van der Waals surface area contributed by atoms with Crippen LogP contribution >= 0.6 is 0 Å². The third-order valence-electron chi connectivity index (χ3n) is 15.0. The van der Waals surface area contributed by atoms with Crippen molar-refractivity contribution in [1.82, 2.24) is 9.97 Å². The van der Waals surface area contributed by atoms with Gasteiger partial charge >= 0.3 is 0 Å². The third-order valence-corrected chi connectivity index (χ3v) is 15.0. The lowest BCUT2D eigenvalue weighted by molar-refractivity contribution is 0.465. The van der Waals surface area contributed by atoms with E-state index in [1.54, 1.807) is 0 Å². The molecule has 14 rings (SSSR count). The number of ether oxygens (including phenoxy) is 1. The molecule has 2 spiro atoms. The number of hydrogen-bond acceptors (Lipinski definition) is 3. The predicted octanol–water partition coefficient (Wildman–Crippen LogP) is 15.7. The highest BCUT2D eigenvalue weighted by Gasteiger charge is 2.60. The lowest BCUT2D eigenvalue weighted by atomic mass is 9.52. The van der Waals surface area contributed by atoms with Gasteiger partial charge in [0.2, 0.25) is 0 Å². The first kappa shape index (κ1) is 39.3. The number of aromatic nitrogens is 2. The fourth-order valence-corrected chi connectivity index (χ4v) is 12.3. The molecule has 3 aliphatic carbocycles. The van der Waals surface area contributed by atoms with Crippen molar-refractivity contribution in [3.8, 4) is 73.0 Å². The van der Waals surface area contributed by atoms with Crippen LogP contribution in [0.15, 0.2) is 249 Å². The Balaban J connectivity index is 1.02. The molecule has 0 N–H and O–H groups in total. The Kier molecular flexibility index (Phi) is 8.56. The van der Waals surface area contributed by atoms with Crippen LogP contribution in [-0.4, -0.2) is 9.97 Å². The van der Waals surface area contributed by atoms with Crippen LogP contribution in [0.1, 0.15) is 50.1 Å². The highest BCUT2D eigenvalue weighted by molar-refractivity contribution is 6.01. The summed E-state index contributed by atoms with van der Waals surface area (Å²) >= 11 is 0. The van der Waals surface area contributed by atoms with Crippen LogP contribution < -0.4 is 4.74 Å². The minimum atomic E-state index is -0.767. The molecule has 1 aliphatic heterocycles. The first-order chi connectivity index (χ1) is 34.2. The van der Waals surface area contributed by atoms with E-state index in [9.17, 15) is 0 Å². The molecule has 322 valence electrons. The zero-order chi connectivity index (χ0) is 45.7. The van der Waals surface area contributed by atoms with E-state index in [0.29, 0.717) is 5.82 Å². The molecule has 9 aromatic carbocycles. The van der Waals surface area contributed by atoms with Gasteiger partial charge in [0, 0.05) is 27.8 Å². The van der Waals surface area contributed by atoms with Gasteiger partial charge in [-0.15, -0.1) is 0 Å². The van der Waals surface area contributed by atoms with Gasteiger partial charge in [-0.3, -0.25) is 0 Å². The van der Waals surface area contributed by atoms with E-state index in [0.717, 1.165) is 67.2 Å². The van der Waals surface area contributed by atoms with E-state index in [2.05, 4.69) is 207 Å². The van der Waals surface area contributed by atoms with E-state index < -0.39 is 10.8 Å². The summed E-state index contributed by atoms with van der Waals surface area (Å²) < 4.78 is 6.95. The minimum absolute atomic E-state index is 0.556. The molecule has 10 aromatic rings. The maximum atomic E-state index is 6.95. The summed E-state index contributed by atoms with van der Waals surface area (Å²) in [6, 6.07) is 79.6. The summed E-state index contributed by atoms with van der Waals surface area (Å²) in [4.78, 5) is 10.2. The Morgan fingerprint density at radius 3 is 1.46 bits per heavy atom. The largest absolute Gasteiger partial charge is 0.464 e. The fourth-order valence-electron chi connectivity index (χ4n) is 12.3. The molecule has 0 bridgehead atoms. The van der Waals surface area contributed by atoms with Gasteiger partial charge in [0.15, 0.2) is 5.82 Å². The predicted molar refractivity (Wildman–Crippen MR) is 280 cm³/mol. The maximum Gasteiger partial charge on any atom is 0.160 e. The first-order valence-corrected chi connectivity index (χ1v) is 23.7. The van der Waals surface area contributed by atoms with Crippen molar-refractivity contribution in [3.63, 3.8) is 0 Å². The second-order valence-electron chi connectivity index (χ2n) is 18.4. The Bertz CT molecular complexity index is 3670. The number of fused-ring (bicyclic) bond motifs is 18. The van der Waals surface area contributed by atoms with Gasteiger partial charge in [0.25, 0.3) is 0 Å². The van der Waals surface area contributed by atoms with E-state index >= 15 is 0 Å². The number of allylic oxidation sites excluding steroid dienone is 4. The van der Waals surface area contributed by atoms with Crippen LogP contribution in [0.25, 0.3) is 72.9 Å². The SMILES string of the molecule is C=C1/C=C\C=C/Oc2c1ccc1c2C2(c3ccccc3C3(c4ccccc4-c4ccccc43)c3ccccc32)c2cccc(-c3ccc(-c4cc(-c5ccccc5)nc(-c5ccccc5)n4)cc3)c2-1. The molecule has 0 saturated heterocycles. The van der Waals surface area contributed by atoms with Crippen molar-refractivity contribution in [2.24, 2.45) is 0 Å². The van der Waals surface area contributed by atoms with Crippen molar-refractivity contribution in [2.75, 3.05) is 0 Å². The van der Waals surface area contributed by atoms with Gasteiger partial charge in [-0.2, -0.15) is 0 Å². The van der Waals surface area contributed by atoms with Gasteiger partial charge < -0.3 is 4.74 Å². The van der Waals surface area contributed by atoms with E-state index in [1.807, 2.05) is 42.7 Å². The highest BCUT2D eigenvalue weighted by atomic mass is 16.5. The molecule has 2 heterocycles. The average Bonchev–Trinajstić information content (AvgIpc) is 3.88. The lowest BCUT2D eigenvalue weighted by Crippen LogP contribution is -2.44. The molecule has 3 nitrogen and oxygen atoms in total. The minimum Gasteiger partial charge on any atom is -0.464 e. The quantitative estimate of drug-likeness (QED) is 0.177. The van der Waals surface area contributed by atoms with E-state index in [1.165, 1.54) is 55.6 Å². The molecule has 4 aliphatic rings. The van der Waals surface area contributed by atoms with Gasteiger partial charge in [0.05, 0.1) is 28.5 Å². The van der Waals surface area contributed by atoms with Crippen molar-refractivity contribution in [3.05, 3.63) is 300 Å². The molecule has 0 saturated carbocycles. The molecule has 0 unspecified atom stereocenters. The molecule has 0 atom stereocenters. The second-order valence-corrected chi connectivity index (χ2v) is 18.4. The maximum absolute atomic E-state index is 6.95. The molecule has 0 amide bonds. The monoisotopic (exact) mass is 878 g/mol. The highest BCUT2D eigenvalue weighted by Crippen LogP contribution is 2.69. The van der Waals surface area contributed by atoms with Crippen LogP contribution in [-0.2, 0) is 10.8 Å². The molecule has 0 fully saturated rings. The topological polar surface area (TPSA) is 35.0 Å². The molecular weight excluding hydrogens is 837 g/mol. The zero-order valence-electron chi connectivity index (χ0n) is 37.6. The standard InChI is InChI=1S/C66H42N2O/c1-42-19-16-17-40-69-63-47(42)38-39-51-61-48(43-34-36-45(37-35-43)60-41-59(44-20-4-2-5-21-44)67-64(68-60)46-22-6-3-7-23-46)26-18-33-58(61)66(62(51)63)56-31-14-12-29-54(56)65(55-30-13-15-32-57(55)66)52-27-10-8-24-49(52)50-25-9-11-28-53(50)65/h2-41H,1H2/b19-16-,40-17-. The van der Waals surface area contributed by atoms with Gasteiger partial charge in [-0.1, -0.05) is 231 Å². The van der Waals surface area contributed by atoms with Crippen molar-refractivity contribution < 1.29 is 4.74 Å². The molecule has 1 aromatic heterocycles. The van der Waals surface area contributed by atoms with Crippen LogP contribution in [0.2, 0.25) is 0 Å². The third kappa shape index (κ3) is 5.44. The van der Waals surface area contributed by atoms with Crippen molar-refractivity contribution in [1.29, 1.82) is 0 Å². The molecule has 69 heavy (non-hydrogen) atoms. The van der Waals surface area contributed by atoms with Crippen LogP contribution in [0, 0.1) is 0 Å². The average molecular weight is 879 g/mol. The molecule has 0 radical (unpaired) electrons. The lowest BCUT2D eigenvalue weighted by Gasteiger charge is -2.49. The normalized spacial score (nSPS) is 15.6. The molecule has 3 heteroatoms. The van der Waals surface area contributed by atoms with Gasteiger partial charge in [0.1, 0.15) is 5.75 Å². The Morgan fingerprint density at radius 2 is 0.841 bits per heavy atom. The van der Waals surface area contributed by atoms with E-state index in [4.69, 9.17) is 14.7 Å². The number of benzene rings is 9. The molecular formula is C66H42N2O. The summed E-state index contributed by atoms with van der Waals surface area (Å²) in [5.74, 6) is 1.53. The zero-order valence-corrected chi connectivity index (χ0v) is 37.6. The van der Waals surface area contributed by atoms with Gasteiger partial charge in [-0.25, -0.2) is 9.97 Å². The summed E-state index contributed by atoms with van der Waals surface area (Å²) in [5.41, 5.74) is 22.6. The summed E-state index contributed by atoms with van der Waals surface area (Å²) in [7, 11) is 0. The summed E-state index contributed by atoms with van der Waals surface area (Å²) in [5, 5.41) is 0. The van der Waals surface area contributed by atoms with Crippen molar-refractivity contribution >= 4 is 5.57 Å². The number of rotatable bonds is 4. The number of nitrogens with zero attached hydrogens (tertiary/aromatic N) is 2. The van der Waals surface area contributed by atoms with Crippen LogP contribution in [0.3, 0.4) is 0 Å². The summed E-state index contributed by atoms with van der Waals surface area (Å²) in [6.07, 6.45) is 7.87. The Morgan fingerprint density at radius 1 is 0.362 bits per heavy atom. The smallest absolute Gasteiger partial charge is 0.160 e. The first-order valence-electron chi connectivity index (χ1n) is 23.7. The van der Waals surface area contributed by atoms with Gasteiger partial charge in [-0.05, 0) is 90.0 Å². The van der Waals surface area contributed by atoms with Crippen LogP contribution in [0.4, 0.5) is 0 Å². The Hall–Kier alpha value is -8.92. The fraction of sp³-hybridized carbons (Fsp3) is 0.0303.